The summed E-state index contributed by atoms with van der Waals surface area (Å²) < 4.78 is 0. The highest BCUT2D eigenvalue weighted by molar-refractivity contribution is 9.09. The van der Waals surface area contributed by atoms with E-state index in [1.54, 1.807) is 0 Å². The van der Waals surface area contributed by atoms with Crippen molar-refractivity contribution in [3.05, 3.63) is 34.2 Å². The number of hydrogen-bond acceptors (Lipinski definition) is 1. The summed E-state index contributed by atoms with van der Waals surface area (Å²) in [7, 11) is 0. The molecule has 1 aromatic carbocycles. The largest absolute Gasteiger partial charge is 0.323 e. The minimum absolute atomic E-state index is 0.133. The molecule has 114 valence electrons. The molecule has 1 aliphatic rings. The maximum atomic E-state index is 11.4. The average Bonchev–Trinajstić information content (AvgIpc) is 3.02. The molecule has 1 aliphatic carbocycles. The minimum atomic E-state index is -0.133. The second kappa shape index (κ2) is 5.64. The molecule has 0 bridgehead atoms. The van der Waals surface area contributed by atoms with Crippen molar-refractivity contribution in [1.82, 2.24) is 9.97 Å². The number of H-pyrrole nitrogens is 2. The van der Waals surface area contributed by atoms with E-state index in [0.717, 1.165) is 11.0 Å². The predicted octanol–water partition coefficient (Wildman–Crippen LogP) is 4.90. The molecule has 0 aliphatic heterocycles. The number of hydrogen-bond donors (Lipinski definition) is 2. The van der Waals surface area contributed by atoms with Crippen LogP contribution in [0.15, 0.2) is 23.0 Å². The number of rotatable bonds is 4. The van der Waals surface area contributed by atoms with E-state index in [1.165, 1.54) is 37.7 Å². The predicted molar refractivity (Wildman–Crippen MR) is 90.9 cm³/mol. The lowest BCUT2D eigenvalue weighted by Crippen LogP contribution is -2.24. The molecular weight excluding hydrogens is 328 g/mol. The molecule has 2 N–H and O–H groups in total. The zero-order valence-electron chi connectivity index (χ0n) is 12.7. The Morgan fingerprint density at radius 1 is 1.19 bits per heavy atom. The first-order valence-corrected chi connectivity index (χ1v) is 8.78. The van der Waals surface area contributed by atoms with Gasteiger partial charge in [-0.15, -0.1) is 0 Å². The molecule has 1 atom stereocenters. The number of nitrogens with one attached hydrogen (secondary N) is 2. The summed E-state index contributed by atoms with van der Waals surface area (Å²) in [5.74, 6) is 0.707. The third kappa shape index (κ3) is 2.83. The zero-order chi connectivity index (χ0) is 15.0. The lowest BCUT2D eigenvalue weighted by atomic mass is 9.74. The van der Waals surface area contributed by atoms with Crippen LogP contribution in [0.3, 0.4) is 0 Å². The Balaban J connectivity index is 1.97. The molecule has 4 heteroatoms. The van der Waals surface area contributed by atoms with Gasteiger partial charge >= 0.3 is 5.69 Å². The maximum absolute atomic E-state index is 11.4. The van der Waals surface area contributed by atoms with Crippen LogP contribution in [0.25, 0.3) is 11.0 Å². The van der Waals surface area contributed by atoms with E-state index in [9.17, 15) is 4.79 Å². The number of halogens is 1. The summed E-state index contributed by atoms with van der Waals surface area (Å²) in [6.45, 7) is 4.62. The van der Waals surface area contributed by atoms with Gasteiger partial charge in [-0.05, 0) is 48.3 Å². The highest BCUT2D eigenvalue weighted by Gasteiger charge is 2.41. The summed E-state index contributed by atoms with van der Waals surface area (Å²) in [5.41, 5.74) is 3.29. The van der Waals surface area contributed by atoms with Crippen molar-refractivity contribution >= 4 is 27.0 Å². The Hall–Kier alpha value is -1.03. The molecular formula is C17H23BrN2O. The summed E-state index contributed by atoms with van der Waals surface area (Å²) in [6, 6.07) is 6.27. The highest BCUT2D eigenvalue weighted by Crippen LogP contribution is 2.55. The van der Waals surface area contributed by atoms with E-state index in [-0.39, 0.29) is 5.69 Å². The number of fused-ring (bicyclic) bond motifs is 1. The van der Waals surface area contributed by atoms with Crippen LogP contribution in [0.5, 0.6) is 0 Å². The summed E-state index contributed by atoms with van der Waals surface area (Å²) in [4.78, 5) is 17.4. The van der Waals surface area contributed by atoms with E-state index in [0.29, 0.717) is 16.2 Å². The lowest BCUT2D eigenvalue weighted by Gasteiger charge is -2.36. The highest BCUT2D eigenvalue weighted by atomic mass is 79.9. The van der Waals surface area contributed by atoms with Gasteiger partial charge < -0.3 is 9.97 Å². The van der Waals surface area contributed by atoms with E-state index in [1.807, 2.05) is 6.07 Å². The number of aromatic amines is 2. The van der Waals surface area contributed by atoms with E-state index in [2.05, 4.69) is 51.9 Å². The Labute approximate surface area is 133 Å². The third-order valence-corrected chi connectivity index (χ3v) is 6.28. The monoisotopic (exact) mass is 350 g/mol. The van der Waals surface area contributed by atoms with Gasteiger partial charge in [-0.25, -0.2) is 4.79 Å². The van der Waals surface area contributed by atoms with Gasteiger partial charge in [-0.3, -0.25) is 0 Å². The quantitative estimate of drug-likeness (QED) is 0.757. The molecule has 1 unspecified atom stereocenters. The van der Waals surface area contributed by atoms with Crippen LogP contribution in [-0.4, -0.2) is 9.97 Å². The SMILES string of the molecule is CC(C)CC1(C(Br)c2ccc3[nH]c(=O)[nH]c3c2)CCCC1. The molecule has 1 aromatic heterocycles. The Morgan fingerprint density at radius 3 is 2.52 bits per heavy atom. The van der Waals surface area contributed by atoms with Crippen molar-refractivity contribution in [1.29, 1.82) is 0 Å². The molecule has 0 saturated heterocycles. The van der Waals surface area contributed by atoms with Gasteiger partial charge in [0.1, 0.15) is 0 Å². The normalized spacial score (nSPS) is 19.4. The van der Waals surface area contributed by atoms with E-state index < -0.39 is 0 Å². The average molecular weight is 351 g/mol. The molecule has 1 heterocycles. The Morgan fingerprint density at radius 2 is 1.86 bits per heavy atom. The number of aromatic nitrogens is 2. The van der Waals surface area contributed by atoms with E-state index >= 15 is 0 Å². The fourth-order valence-electron chi connectivity index (χ4n) is 4.01. The smallest absolute Gasteiger partial charge is 0.306 e. The van der Waals surface area contributed by atoms with Crippen molar-refractivity contribution in [2.24, 2.45) is 11.3 Å². The maximum Gasteiger partial charge on any atom is 0.323 e. The molecule has 21 heavy (non-hydrogen) atoms. The molecule has 1 fully saturated rings. The Bertz CT molecular complexity index is 679. The van der Waals surface area contributed by atoms with Crippen molar-refractivity contribution < 1.29 is 0 Å². The van der Waals surface area contributed by atoms with Gasteiger partial charge in [0.25, 0.3) is 0 Å². The minimum Gasteiger partial charge on any atom is -0.306 e. The summed E-state index contributed by atoms with van der Waals surface area (Å²) in [5, 5.41) is 0. The zero-order valence-corrected chi connectivity index (χ0v) is 14.3. The third-order valence-electron chi connectivity index (χ3n) is 4.78. The van der Waals surface area contributed by atoms with Crippen LogP contribution in [0.1, 0.15) is 56.3 Å². The lowest BCUT2D eigenvalue weighted by molar-refractivity contribution is 0.230. The molecule has 1 saturated carbocycles. The van der Waals surface area contributed by atoms with Crippen LogP contribution in [0.4, 0.5) is 0 Å². The van der Waals surface area contributed by atoms with E-state index in [4.69, 9.17) is 0 Å². The first-order valence-electron chi connectivity index (χ1n) is 7.86. The number of benzene rings is 1. The molecule has 0 radical (unpaired) electrons. The molecule has 2 aromatic rings. The first-order chi connectivity index (χ1) is 10.00. The Kier molecular flexibility index (Phi) is 4.00. The van der Waals surface area contributed by atoms with Crippen molar-refractivity contribution in [3.63, 3.8) is 0 Å². The van der Waals surface area contributed by atoms with Crippen LogP contribution >= 0.6 is 15.9 Å². The second-order valence-corrected chi connectivity index (χ2v) is 7.83. The van der Waals surface area contributed by atoms with Crippen molar-refractivity contribution in [2.45, 2.75) is 50.8 Å². The van der Waals surface area contributed by atoms with Crippen molar-refractivity contribution in [3.8, 4) is 0 Å². The van der Waals surface area contributed by atoms with Crippen LogP contribution in [0, 0.1) is 11.3 Å². The standard InChI is InChI=1S/C17H23BrN2O/c1-11(2)10-17(7-3-4-8-17)15(18)12-5-6-13-14(9-12)20-16(21)19-13/h5-6,9,11,15H,3-4,7-8,10H2,1-2H3,(H2,19,20,21). The van der Waals surface area contributed by atoms with Gasteiger partial charge in [0.15, 0.2) is 0 Å². The van der Waals surface area contributed by atoms with Gasteiger partial charge in [-0.2, -0.15) is 0 Å². The van der Waals surface area contributed by atoms with Gasteiger partial charge in [0, 0.05) is 4.83 Å². The first kappa shape index (κ1) is 14.9. The fraction of sp³-hybridized carbons (Fsp3) is 0.588. The molecule has 0 spiro atoms. The van der Waals surface area contributed by atoms with Gasteiger partial charge in [0.2, 0.25) is 0 Å². The summed E-state index contributed by atoms with van der Waals surface area (Å²) >= 11 is 3.99. The number of alkyl halides is 1. The van der Waals surface area contributed by atoms with Gasteiger partial charge in [-0.1, -0.05) is 48.7 Å². The topological polar surface area (TPSA) is 48.6 Å². The molecule has 3 rings (SSSR count). The second-order valence-electron chi connectivity index (χ2n) is 6.91. The molecule has 0 amide bonds. The van der Waals surface area contributed by atoms with Crippen LogP contribution in [-0.2, 0) is 0 Å². The fourth-order valence-corrected chi connectivity index (χ4v) is 4.94. The molecule has 3 nitrogen and oxygen atoms in total. The van der Waals surface area contributed by atoms with Gasteiger partial charge in [0.05, 0.1) is 11.0 Å². The van der Waals surface area contributed by atoms with Crippen LogP contribution < -0.4 is 5.69 Å². The summed E-state index contributed by atoms with van der Waals surface area (Å²) in [6.07, 6.45) is 6.51. The van der Waals surface area contributed by atoms with Crippen molar-refractivity contribution in [2.75, 3.05) is 0 Å². The number of imidazole rings is 1. The van der Waals surface area contributed by atoms with Crippen LogP contribution in [0.2, 0.25) is 0 Å².